The van der Waals surface area contributed by atoms with Gasteiger partial charge in [0.25, 0.3) is 0 Å². The van der Waals surface area contributed by atoms with Gasteiger partial charge in [0.05, 0.1) is 5.60 Å². The Morgan fingerprint density at radius 1 is 1.38 bits per heavy atom. The van der Waals surface area contributed by atoms with Gasteiger partial charge < -0.3 is 5.11 Å². The van der Waals surface area contributed by atoms with E-state index in [2.05, 4.69) is 11.9 Å². The third kappa shape index (κ3) is 3.55. The number of aromatic nitrogens is 1. The molecule has 2 heteroatoms. The Labute approximate surface area is 79.6 Å². The van der Waals surface area contributed by atoms with Crippen molar-refractivity contribution >= 4 is 0 Å². The molecule has 2 nitrogen and oxygen atoms in total. The largest absolute Gasteiger partial charge is 0.390 e. The van der Waals surface area contributed by atoms with Gasteiger partial charge in [0.15, 0.2) is 0 Å². The molecule has 0 bridgehead atoms. The molecule has 0 radical (unpaired) electrons. The van der Waals surface area contributed by atoms with Crippen LogP contribution in [0.5, 0.6) is 0 Å². The van der Waals surface area contributed by atoms with Crippen LogP contribution in [0, 0.1) is 0 Å². The second-order valence-corrected chi connectivity index (χ2v) is 3.78. The van der Waals surface area contributed by atoms with Crippen molar-refractivity contribution in [3.8, 4) is 0 Å². The van der Waals surface area contributed by atoms with E-state index in [1.54, 1.807) is 12.4 Å². The van der Waals surface area contributed by atoms with Crippen LogP contribution in [-0.4, -0.2) is 15.7 Å². The Bertz CT molecular complexity index is 244. The van der Waals surface area contributed by atoms with Crippen molar-refractivity contribution in [3.63, 3.8) is 0 Å². The van der Waals surface area contributed by atoms with E-state index >= 15 is 0 Å². The van der Waals surface area contributed by atoms with Crippen LogP contribution in [-0.2, 0) is 6.42 Å². The van der Waals surface area contributed by atoms with E-state index in [0.29, 0.717) is 6.42 Å². The zero-order chi connectivity index (χ0) is 9.73. The minimum atomic E-state index is -0.573. The summed E-state index contributed by atoms with van der Waals surface area (Å²) in [6.45, 7) is 3.97. The van der Waals surface area contributed by atoms with Crippen LogP contribution in [0.4, 0.5) is 0 Å². The minimum Gasteiger partial charge on any atom is -0.390 e. The predicted octanol–water partition coefficient (Wildman–Crippen LogP) is 2.18. The maximum atomic E-state index is 9.95. The van der Waals surface area contributed by atoms with Gasteiger partial charge in [0, 0.05) is 18.8 Å². The van der Waals surface area contributed by atoms with E-state index < -0.39 is 5.60 Å². The Hall–Kier alpha value is -0.890. The van der Waals surface area contributed by atoms with Gasteiger partial charge in [-0.3, -0.25) is 4.98 Å². The molecular weight excluding hydrogens is 162 g/mol. The van der Waals surface area contributed by atoms with Gasteiger partial charge in [-0.05, 0) is 31.0 Å². The highest BCUT2D eigenvalue weighted by atomic mass is 16.3. The minimum absolute atomic E-state index is 0.573. The lowest BCUT2D eigenvalue weighted by Gasteiger charge is -2.22. The first-order valence-corrected chi connectivity index (χ1v) is 4.75. The highest BCUT2D eigenvalue weighted by Gasteiger charge is 2.18. The van der Waals surface area contributed by atoms with Crippen molar-refractivity contribution in [2.75, 3.05) is 0 Å². The third-order valence-corrected chi connectivity index (χ3v) is 2.12. The number of pyridine rings is 1. The van der Waals surface area contributed by atoms with Crippen LogP contribution < -0.4 is 0 Å². The SMILES string of the molecule is CCCC(C)(O)Cc1ccncc1. The van der Waals surface area contributed by atoms with Crippen LogP contribution >= 0.6 is 0 Å². The van der Waals surface area contributed by atoms with Gasteiger partial charge in [-0.2, -0.15) is 0 Å². The second kappa shape index (κ2) is 4.38. The van der Waals surface area contributed by atoms with Crippen molar-refractivity contribution in [3.05, 3.63) is 30.1 Å². The summed E-state index contributed by atoms with van der Waals surface area (Å²) < 4.78 is 0. The molecule has 1 unspecified atom stereocenters. The fraction of sp³-hybridized carbons (Fsp3) is 0.545. The molecule has 0 amide bonds. The van der Waals surface area contributed by atoms with Gasteiger partial charge >= 0.3 is 0 Å². The lowest BCUT2D eigenvalue weighted by Crippen LogP contribution is -2.26. The Morgan fingerprint density at radius 3 is 2.54 bits per heavy atom. The van der Waals surface area contributed by atoms with Gasteiger partial charge in [-0.25, -0.2) is 0 Å². The van der Waals surface area contributed by atoms with Crippen LogP contribution in [0.25, 0.3) is 0 Å². The fourth-order valence-corrected chi connectivity index (χ4v) is 1.57. The summed E-state index contributed by atoms with van der Waals surface area (Å²) in [6, 6.07) is 3.90. The molecular formula is C11H17NO. The summed E-state index contributed by atoms with van der Waals surface area (Å²) in [4.78, 5) is 3.94. The van der Waals surface area contributed by atoms with Crippen molar-refractivity contribution in [2.45, 2.75) is 38.7 Å². The van der Waals surface area contributed by atoms with Gasteiger partial charge in [0.2, 0.25) is 0 Å². The normalized spacial score (nSPS) is 15.3. The molecule has 0 aliphatic heterocycles. The number of hydrogen-bond acceptors (Lipinski definition) is 2. The van der Waals surface area contributed by atoms with Gasteiger partial charge in [0.1, 0.15) is 0 Å². The van der Waals surface area contributed by atoms with Crippen molar-refractivity contribution < 1.29 is 5.11 Å². The maximum Gasteiger partial charge on any atom is 0.0659 e. The average Bonchev–Trinajstić information content (AvgIpc) is 2.04. The molecule has 13 heavy (non-hydrogen) atoms. The first-order chi connectivity index (χ1) is 6.14. The molecule has 0 aliphatic carbocycles. The molecule has 1 aromatic heterocycles. The lowest BCUT2D eigenvalue weighted by atomic mass is 9.93. The van der Waals surface area contributed by atoms with Gasteiger partial charge in [-0.15, -0.1) is 0 Å². The van der Waals surface area contributed by atoms with E-state index in [4.69, 9.17) is 0 Å². The molecule has 0 aliphatic rings. The lowest BCUT2D eigenvalue weighted by molar-refractivity contribution is 0.0505. The van der Waals surface area contributed by atoms with E-state index in [1.165, 1.54) is 0 Å². The summed E-state index contributed by atoms with van der Waals surface area (Å²) >= 11 is 0. The molecule has 1 rings (SSSR count). The molecule has 1 atom stereocenters. The average molecular weight is 179 g/mol. The topological polar surface area (TPSA) is 33.1 Å². The van der Waals surface area contributed by atoms with Crippen molar-refractivity contribution in [2.24, 2.45) is 0 Å². The van der Waals surface area contributed by atoms with E-state index in [-0.39, 0.29) is 0 Å². The second-order valence-electron chi connectivity index (χ2n) is 3.78. The van der Waals surface area contributed by atoms with Crippen molar-refractivity contribution in [1.82, 2.24) is 4.98 Å². The van der Waals surface area contributed by atoms with Gasteiger partial charge in [-0.1, -0.05) is 13.3 Å². The molecule has 1 heterocycles. The summed E-state index contributed by atoms with van der Waals surface area (Å²) in [5.74, 6) is 0. The van der Waals surface area contributed by atoms with E-state index in [0.717, 1.165) is 18.4 Å². The van der Waals surface area contributed by atoms with Crippen LogP contribution in [0.15, 0.2) is 24.5 Å². The summed E-state index contributed by atoms with van der Waals surface area (Å²) in [7, 11) is 0. The Morgan fingerprint density at radius 2 is 2.00 bits per heavy atom. The van der Waals surface area contributed by atoms with E-state index in [1.807, 2.05) is 19.1 Å². The molecule has 0 saturated carbocycles. The monoisotopic (exact) mass is 179 g/mol. The zero-order valence-electron chi connectivity index (χ0n) is 8.33. The standard InChI is InChI=1S/C11H17NO/c1-3-6-11(2,13)9-10-4-7-12-8-5-10/h4-5,7-8,13H,3,6,9H2,1-2H3. The molecule has 0 spiro atoms. The smallest absolute Gasteiger partial charge is 0.0659 e. The van der Waals surface area contributed by atoms with Crippen LogP contribution in [0.1, 0.15) is 32.3 Å². The predicted molar refractivity (Wildman–Crippen MR) is 53.5 cm³/mol. The van der Waals surface area contributed by atoms with Crippen molar-refractivity contribution in [1.29, 1.82) is 0 Å². The number of nitrogens with zero attached hydrogens (tertiary/aromatic N) is 1. The molecule has 72 valence electrons. The highest BCUT2D eigenvalue weighted by molar-refractivity contribution is 5.12. The quantitative estimate of drug-likeness (QED) is 0.768. The number of aliphatic hydroxyl groups is 1. The fourth-order valence-electron chi connectivity index (χ4n) is 1.57. The van der Waals surface area contributed by atoms with E-state index in [9.17, 15) is 5.11 Å². The molecule has 0 fully saturated rings. The molecule has 1 N–H and O–H groups in total. The molecule has 0 saturated heterocycles. The van der Waals surface area contributed by atoms with Crippen LogP contribution in [0.2, 0.25) is 0 Å². The first kappa shape index (κ1) is 10.2. The summed E-state index contributed by atoms with van der Waals surface area (Å²) in [5.41, 5.74) is 0.573. The molecule has 0 aromatic carbocycles. The highest BCUT2D eigenvalue weighted by Crippen LogP contribution is 2.17. The Kier molecular flexibility index (Phi) is 3.43. The first-order valence-electron chi connectivity index (χ1n) is 4.75. The maximum absolute atomic E-state index is 9.95. The zero-order valence-corrected chi connectivity index (χ0v) is 8.33. The number of hydrogen-bond donors (Lipinski definition) is 1. The Balaban J connectivity index is 2.58. The summed E-state index contributed by atoms with van der Waals surface area (Å²) in [6.07, 6.45) is 6.09. The number of rotatable bonds is 4. The third-order valence-electron chi connectivity index (χ3n) is 2.12. The van der Waals surface area contributed by atoms with Crippen LogP contribution in [0.3, 0.4) is 0 Å². The molecule has 1 aromatic rings. The summed E-state index contributed by atoms with van der Waals surface area (Å²) in [5, 5.41) is 9.95.